The highest BCUT2D eigenvalue weighted by molar-refractivity contribution is 5.88. The third-order valence-corrected chi connectivity index (χ3v) is 2.81. The molecule has 2 heterocycles. The van der Waals surface area contributed by atoms with E-state index in [2.05, 4.69) is 15.1 Å². The van der Waals surface area contributed by atoms with Crippen LogP contribution in [0.2, 0.25) is 0 Å². The van der Waals surface area contributed by atoms with Crippen LogP contribution in [0.25, 0.3) is 0 Å². The molecule has 120 valence electrons. The van der Waals surface area contributed by atoms with Crippen LogP contribution in [0.15, 0.2) is 6.20 Å². The van der Waals surface area contributed by atoms with Crippen LogP contribution in [-0.2, 0) is 19.0 Å². The number of carbonyl (C=O) groups is 1. The van der Waals surface area contributed by atoms with E-state index in [0.717, 1.165) is 6.20 Å². The summed E-state index contributed by atoms with van der Waals surface area (Å²) in [5, 5.41) is 5.06. The van der Waals surface area contributed by atoms with E-state index in [0.29, 0.717) is 0 Å². The Labute approximate surface area is 119 Å². The van der Waals surface area contributed by atoms with E-state index < -0.39 is 42.6 Å². The van der Waals surface area contributed by atoms with Gasteiger partial charge in [-0.1, -0.05) is 0 Å². The van der Waals surface area contributed by atoms with Crippen molar-refractivity contribution in [1.82, 2.24) is 20.2 Å². The number of hydrogen-bond donors (Lipinski definition) is 3. The van der Waals surface area contributed by atoms with Crippen LogP contribution in [0.1, 0.15) is 33.3 Å². The maximum absolute atomic E-state index is 12.9. The van der Waals surface area contributed by atoms with Gasteiger partial charge in [-0.3, -0.25) is 9.89 Å². The number of aromatic amines is 2. The van der Waals surface area contributed by atoms with Crippen LogP contribution >= 0.6 is 0 Å². The molecule has 0 bridgehead atoms. The normalized spacial score (nSPS) is 12.1. The minimum Gasteiger partial charge on any atom is -0.363 e. The van der Waals surface area contributed by atoms with E-state index >= 15 is 0 Å². The highest BCUT2D eigenvalue weighted by atomic mass is 19.4. The molecule has 2 aromatic heterocycles. The van der Waals surface area contributed by atoms with Gasteiger partial charge in [-0.2, -0.15) is 18.3 Å². The van der Waals surface area contributed by atoms with Crippen LogP contribution < -0.4 is 5.73 Å². The number of H-pyrrole nitrogens is 2. The van der Waals surface area contributed by atoms with E-state index in [-0.39, 0.29) is 17.2 Å². The van der Waals surface area contributed by atoms with Gasteiger partial charge >= 0.3 is 6.18 Å². The summed E-state index contributed by atoms with van der Waals surface area (Å²) in [5.41, 5.74) is 3.06. The topological polar surface area (TPSA) is 100 Å². The molecule has 11 heteroatoms. The van der Waals surface area contributed by atoms with Gasteiger partial charge < -0.3 is 10.7 Å². The second kappa shape index (κ2) is 5.73. The number of rotatable bonds is 5. The lowest BCUT2D eigenvalue weighted by molar-refractivity contribution is -0.141. The fourth-order valence-corrected chi connectivity index (χ4v) is 1.91. The standard InChI is InChI=1S/C11H10F5N5O/c12-7(13)2-6-5(8(21-20-6)11(14,15)16)1-4-3-18-10(19-4)9(17)22/h3,7H,1-2H2,(H2,17,22)(H,18,19)(H,20,21). The summed E-state index contributed by atoms with van der Waals surface area (Å²) >= 11 is 0. The van der Waals surface area contributed by atoms with Crippen molar-refractivity contribution in [2.75, 3.05) is 0 Å². The van der Waals surface area contributed by atoms with Gasteiger partial charge in [-0.05, 0) is 0 Å². The summed E-state index contributed by atoms with van der Waals surface area (Å²) < 4.78 is 63.5. The monoisotopic (exact) mass is 323 g/mol. The van der Waals surface area contributed by atoms with Crippen molar-refractivity contribution in [2.24, 2.45) is 5.73 Å². The quantitative estimate of drug-likeness (QED) is 0.729. The number of primary amides is 1. The molecule has 0 aliphatic rings. The van der Waals surface area contributed by atoms with Crippen LogP contribution in [-0.4, -0.2) is 32.5 Å². The Morgan fingerprint density at radius 3 is 2.55 bits per heavy atom. The first kappa shape index (κ1) is 15.9. The molecule has 22 heavy (non-hydrogen) atoms. The highest BCUT2D eigenvalue weighted by Crippen LogP contribution is 2.33. The van der Waals surface area contributed by atoms with Crippen LogP contribution in [0, 0.1) is 0 Å². The first-order valence-electron chi connectivity index (χ1n) is 5.93. The van der Waals surface area contributed by atoms with Gasteiger partial charge in [-0.15, -0.1) is 0 Å². The molecule has 2 aromatic rings. The molecule has 0 aromatic carbocycles. The Morgan fingerprint density at radius 2 is 2.05 bits per heavy atom. The van der Waals surface area contributed by atoms with E-state index in [4.69, 9.17) is 5.73 Å². The molecular weight excluding hydrogens is 313 g/mol. The number of nitrogens with two attached hydrogens (primary N) is 1. The van der Waals surface area contributed by atoms with Gasteiger partial charge in [-0.25, -0.2) is 13.8 Å². The summed E-state index contributed by atoms with van der Waals surface area (Å²) in [5.74, 6) is -1.12. The van der Waals surface area contributed by atoms with Gasteiger partial charge in [0.1, 0.15) is 0 Å². The Hall–Kier alpha value is -2.46. The van der Waals surface area contributed by atoms with Gasteiger partial charge in [0.05, 0.1) is 6.42 Å². The zero-order valence-corrected chi connectivity index (χ0v) is 10.8. The fraction of sp³-hybridized carbons (Fsp3) is 0.364. The average Bonchev–Trinajstić information content (AvgIpc) is 2.96. The minimum atomic E-state index is -4.79. The summed E-state index contributed by atoms with van der Waals surface area (Å²) in [6.07, 6.45) is -7.80. The highest BCUT2D eigenvalue weighted by Gasteiger charge is 2.38. The average molecular weight is 323 g/mol. The van der Waals surface area contributed by atoms with E-state index in [1.807, 2.05) is 5.10 Å². The number of imidazole rings is 1. The number of amides is 1. The van der Waals surface area contributed by atoms with Crippen LogP contribution in [0.3, 0.4) is 0 Å². The minimum absolute atomic E-state index is 0.121. The van der Waals surface area contributed by atoms with E-state index in [9.17, 15) is 26.7 Å². The second-order valence-corrected chi connectivity index (χ2v) is 4.42. The van der Waals surface area contributed by atoms with Crippen LogP contribution in [0.4, 0.5) is 22.0 Å². The van der Waals surface area contributed by atoms with Crippen LogP contribution in [0.5, 0.6) is 0 Å². The lowest BCUT2D eigenvalue weighted by atomic mass is 10.1. The lowest BCUT2D eigenvalue weighted by Gasteiger charge is -2.07. The fourth-order valence-electron chi connectivity index (χ4n) is 1.91. The molecule has 1 amide bonds. The SMILES string of the molecule is NC(=O)c1ncc(Cc2c(C(F)(F)F)n[nH]c2CC(F)F)[nH]1. The third-order valence-electron chi connectivity index (χ3n) is 2.81. The van der Waals surface area contributed by atoms with Crippen molar-refractivity contribution in [2.45, 2.75) is 25.4 Å². The molecule has 0 saturated carbocycles. The molecule has 0 saturated heterocycles. The van der Waals surface area contributed by atoms with Gasteiger partial charge in [0, 0.05) is 29.6 Å². The summed E-state index contributed by atoms with van der Waals surface area (Å²) in [4.78, 5) is 16.9. The zero-order chi connectivity index (χ0) is 16.5. The first-order valence-corrected chi connectivity index (χ1v) is 5.93. The number of alkyl halides is 5. The van der Waals surface area contributed by atoms with Crippen molar-refractivity contribution in [3.05, 3.63) is 34.7 Å². The Balaban J connectivity index is 2.37. The molecule has 0 aliphatic heterocycles. The first-order chi connectivity index (χ1) is 10.2. The Bertz CT molecular complexity index is 675. The largest absolute Gasteiger partial charge is 0.435 e. The maximum Gasteiger partial charge on any atom is 0.435 e. The number of halogens is 5. The molecule has 0 fully saturated rings. The molecule has 0 aliphatic carbocycles. The number of nitrogens with one attached hydrogen (secondary N) is 2. The molecular formula is C11H10F5N5O. The molecule has 4 N–H and O–H groups in total. The predicted octanol–water partition coefficient (Wildman–Crippen LogP) is 1.65. The van der Waals surface area contributed by atoms with Gasteiger partial charge in [0.2, 0.25) is 6.43 Å². The second-order valence-electron chi connectivity index (χ2n) is 4.42. The molecule has 0 atom stereocenters. The number of carbonyl (C=O) groups excluding carboxylic acids is 1. The Kier molecular flexibility index (Phi) is 4.15. The molecule has 6 nitrogen and oxygen atoms in total. The molecule has 2 rings (SSSR count). The molecule has 0 unspecified atom stereocenters. The molecule has 0 radical (unpaired) electrons. The van der Waals surface area contributed by atoms with E-state index in [1.54, 1.807) is 0 Å². The van der Waals surface area contributed by atoms with Crippen molar-refractivity contribution in [1.29, 1.82) is 0 Å². The number of hydrogen-bond acceptors (Lipinski definition) is 3. The molecule has 0 spiro atoms. The predicted molar refractivity (Wildman–Crippen MR) is 63.2 cm³/mol. The van der Waals surface area contributed by atoms with Crippen molar-refractivity contribution in [3.63, 3.8) is 0 Å². The van der Waals surface area contributed by atoms with Crippen molar-refractivity contribution < 1.29 is 26.7 Å². The van der Waals surface area contributed by atoms with Gasteiger partial charge in [0.15, 0.2) is 11.5 Å². The number of nitrogens with zero attached hydrogens (tertiary/aromatic N) is 2. The van der Waals surface area contributed by atoms with Crippen molar-refractivity contribution >= 4 is 5.91 Å². The van der Waals surface area contributed by atoms with Gasteiger partial charge in [0.25, 0.3) is 5.91 Å². The van der Waals surface area contributed by atoms with Crippen molar-refractivity contribution in [3.8, 4) is 0 Å². The third kappa shape index (κ3) is 3.40. The summed E-state index contributed by atoms with van der Waals surface area (Å²) in [6, 6.07) is 0. The maximum atomic E-state index is 12.9. The van der Waals surface area contributed by atoms with E-state index in [1.165, 1.54) is 0 Å². The number of aromatic nitrogens is 4. The summed E-state index contributed by atoms with van der Waals surface area (Å²) in [6.45, 7) is 0. The zero-order valence-electron chi connectivity index (χ0n) is 10.8. The Morgan fingerprint density at radius 1 is 1.36 bits per heavy atom. The smallest absolute Gasteiger partial charge is 0.363 e. The lowest BCUT2D eigenvalue weighted by Crippen LogP contribution is -2.13. The summed E-state index contributed by atoms with van der Waals surface area (Å²) in [7, 11) is 0.